The summed E-state index contributed by atoms with van der Waals surface area (Å²) in [6.45, 7) is 3.33. The average molecular weight is 328 g/mol. The first kappa shape index (κ1) is 16.0. The molecule has 0 saturated carbocycles. The topological polar surface area (TPSA) is 76.5 Å². The summed E-state index contributed by atoms with van der Waals surface area (Å²) >= 11 is 0. The van der Waals surface area contributed by atoms with Gasteiger partial charge in [0.1, 0.15) is 5.75 Å². The van der Waals surface area contributed by atoms with Crippen molar-refractivity contribution in [3.63, 3.8) is 0 Å². The molecular formula is C17H20N4O3. The summed E-state index contributed by atoms with van der Waals surface area (Å²) in [4.78, 5) is 25.4. The van der Waals surface area contributed by atoms with Crippen LogP contribution in [0.15, 0.2) is 30.6 Å². The maximum absolute atomic E-state index is 12.3. The molecule has 1 aromatic carbocycles. The highest BCUT2D eigenvalue weighted by Gasteiger charge is 2.23. The molecule has 7 heteroatoms. The number of carbonyl (C=O) groups excluding carboxylic acids is 2. The van der Waals surface area contributed by atoms with E-state index in [9.17, 15) is 9.59 Å². The summed E-state index contributed by atoms with van der Waals surface area (Å²) in [7, 11) is 1.68. The molecule has 2 heterocycles. The Morgan fingerprint density at radius 2 is 2.25 bits per heavy atom. The maximum Gasteiger partial charge on any atom is 0.264 e. The Hall–Kier alpha value is -2.83. The van der Waals surface area contributed by atoms with Crippen LogP contribution in [0.4, 0.5) is 5.69 Å². The highest BCUT2D eigenvalue weighted by Crippen LogP contribution is 2.31. The van der Waals surface area contributed by atoms with E-state index in [-0.39, 0.29) is 18.4 Å². The van der Waals surface area contributed by atoms with Crippen LogP contribution in [0.25, 0.3) is 0 Å². The normalized spacial score (nSPS) is 13.4. The molecule has 1 aromatic heterocycles. The van der Waals surface area contributed by atoms with Crippen molar-refractivity contribution in [3.8, 4) is 5.75 Å². The minimum Gasteiger partial charge on any atom is -0.482 e. The van der Waals surface area contributed by atoms with Gasteiger partial charge in [0.15, 0.2) is 6.61 Å². The maximum atomic E-state index is 12.3. The highest BCUT2D eigenvalue weighted by atomic mass is 16.5. The van der Waals surface area contributed by atoms with Crippen molar-refractivity contribution < 1.29 is 14.3 Å². The lowest BCUT2D eigenvalue weighted by atomic mass is 10.1. The largest absolute Gasteiger partial charge is 0.482 e. The van der Waals surface area contributed by atoms with Crippen molar-refractivity contribution in [2.75, 3.05) is 25.1 Å². The van der Waals surface area contributed by atoms with Crippen LogP contribution in [0, 0.1) is 6.92 Å². The number of ether oxygens (including phenoxy) is 1. The van der Waals surface area contributed by atoms with Gasteiger partial charge in [-0.1, -0.05) is 0 Å². The number of likely N-dealkylation sites (N-methyl/N-ethyl adjacent to an activating group) is 1. The second kappa shape index (κ2) is 6.74. The summed E-state index contributed by atoms with van der Waals surface area (Å²) < 4.78 is 7.22. The number of carbonyl (C=O) groups is 2. The Morgan fingerprint density at radius 1 is 1.42 bits per heavy atom. The molecule has 126 valence electrons. The fourth-order valence-electron chi connectivity index (χ4n) is 2.55. The Bertz CT molecular complexity index is 769. The number of anilines is 1. The second-order valence-corrected chi connectivity index (χ2v) is 5.81. The van der Waals surface area contributed by atoms with Gasteiger partial charge < -0.3 is 15.0 Å². The van der Waals surface area contributed by atoms with Gasteiger partial charge in [0, 0.05) is 31.9 Å². The SMILES string of the molecule is Cc1cnn(CCCNC(=O)c2ccc3c(c2)N(C)C(=O)CO3)c1. The smallest absolute Gasteiger partial charge is 0.264 e. The van der Waals surface area contributed by atoms with Crippen LogP contribution in [-0.4, -0.2) is 41.8 Å². The summed E-state index contributed by atoms with van der Waals surface area (Å²) in [6.07, 6.45) is 4.57. The quantitative estimate of drug-likeness (QED) is 0.841. The van der Waals surface area contributed by atoms with Gasteiger partial charge in [0.25, 0.3) is 11.8 Å². The lowest BCUT2D eigenvalue weighted by Gasteiger charge is -2.26. The Morgan fingerprint density at radius 3 is 3.00 bits per heavy atom. The number of benzene rings is 1. The van der Waals surface area contributed by atoms with Gasteiger partial charge in [-0.2, -0.15) is 5.10 Å². The van der Waals surface area contributed by atoms with Gasteiger partial charge >= 0.3 is 0 Å². The van der Waals surface area contributed by atoms with E-state index >= 15 is 0 Å². The number of aromatic nitrogens is 2. The molecule has 1 aliphatic heterocycles. The predicted octanol–water partition coefficient (Wildman–Crippen LogP) is 1.37. The molecule has 0 spiro atoms. The van der Waals surface area contributed by atoms with Gasteiger partial charge in [0.2, 0.25) is 0 Å². The molecular weight excluding hydrogens is 308 g/mol. The number of nitrogens with zero attached hydrogens (tertiary/aromatic N) is 3. The van der Waals surface area contributed by atoms with Crippen molar-refractivity contribution in [3.05, 3.63) is 41.7 Å². The monoisotopic (exact) mass is 328 g/mol. The summed E-state index contributed by atoms with van der Waals surface area (Å²) in [6, 6.07) is 5.10. The third-order valence-electron chi connectivity index (χ3n) is 3.92. The Labute approximate surface area is 140 Å². The second-order valence-electron chi connectivity index (χ2n) is 5.81. The van der Waals surface area contributed by atoms with E-state index in [2.05, 4.69) is 10.4 Å². The third-order valence-corrected chi connectivity index (χ3v) is 3.92. The van der Waals surface area contributed by atoms with Crippen LogP contribution in [-0.2, 0) is 11.3 Å². The molecule has 7 nitrogen and oxygen atoms in total. The van der Waals surface area contributed by atoms with Crippen molar-refractivity contribution in [1.82, 2.24) is 15.1 Å². The fraction of sp³-hybridized carbons (Fsp3) is 0.353. The first-order chi connectivity index (χ1) is 11.5. The molecule has 0 aliphatic carbocycles. The average Bonchev–Trinajstić information content (AvgIpc) is 3.00. The van der Waals surface area contributed by atoms with Crippen LogP contribution in [0.2, 0.25) is 0 Å². The molecule has 3 rings (SSSR count). The molecule has 0 bridgehead atoms. The van der Waals surface area contributed by atoms with Gasteiger partial charge in [0.05, 0.1) is 11.9 Å². The van der Waals surface area contributed by atoms with Crippen LogP contribution >= 0.6 is 0 Å². The molecule has 0 saturated heterocycles. The lowest BCUT2D eigenvalue weighted by molar-refractivity contribution is -0.120. The standard InChI is InChI=1S/C17H20N4O3/c1-12-9-19-21(10-12)7-3-6-18-17(23)13-4-5-15-14(8-13)20(2)16(22)11-24-15/h4-5,8-10H,3,6-7,11H2,1-2H3,(H,18,23). The Balaban J connectivity index is 1.56. The van der Waals surface area contributed by atoms with E-state index in [0.717, 1.165) is 18.5 Å². The van der Waals surface area contributed by atoms with Crippen LogP contribution < -0.4 is 15.0 Å². The van der Waals surface area contributed by atoms with Gasteiger partial charge in [-0.05, 0) is 37.1 Å². The fourth-order valence-corrected chi connectivity index (χ4v) is 2.55. The minimum absolute atomic E-state index is 0.0297. The van der Waals surface area contributed by atoms with Gasteiger partial charge in [-0.15, -0.1) is 0 Å². The minimum atomic E-state index is -0.166. The number of nitrogens with one attached hydrogen (secondary N) is 1. The molecule has 0 radical (unpaired) electrons. The zero-order chi connectivity index (χ0) is 17.1. The molecule has 24 heavy (non-hydrogen) atoms. The summed E-state index contributed by atoms with van der Waals surface area (Å²) in [5, 5.41) is 7.09. The number of hydrogen-bond donors (Lipinski definition) is 1. The zero-order valence-electron chi connectivity index (χ0n) is 13.8. The van der Waals surface area contributed by atoms with E-state index in [0.29, 0.717) is 23.5 Å². The Kier molecular flexibility index (Phi) is 4.50. The van der Waals surface area contributed by atoms with E-state index in [1.165, 1.54) is 4.90 Å². The van der Waals surface area contributed by atoms with Crippen LogP contribution in [0.5, 0.6) is 5.75 Å². The van der Waals surface area contributed by atoms with E-state index in [1.807, 2.05) is 24.0 Å². The van der Waals surface area contributed by atoms with Crippen molar-refractivity contribution in [2.45, 2.75) is 19.9 Å². The molecule has 1 aliphatic rings. The molecule has 0 atom stereocenters. The lowest BCUT2D eigenvalue weighted by Crippen LogP contribution is -2.35. The number of fused-ring (bicyclic) bond motifs is 1. The zero-order valence-corrected chi connectivity index (χ0v) is 13.8. The van der Waals surface area contributed by atoms with Crippen molar-refractivity contribution in [2.24, 2.45) is 0 Å². The first-order valence-electron chi connectivity index (χ1n) is 7.85. The molecule has 2 aromatic rings. The van der Waals surface area contributed by atoms with E-state index in [1.54, 1.807) is 25.2 Å². The van der Waals surface area contributed by atoms with Gasteiger partial charge in [-0.25, -0.2) is 0 Å². The summed E-state index contributed by atoms with van der Waals surface area (Å²) in [5.41, 5.74) is 2.24. The van der Waals surface area contributed by atoms with Crippen molar-refractivity contribution >= 4 is 17.5 Å². The number of hydrogen-bond acceptors (Lipinski definition) is 4. The van der Waals surface area contributed by atoms with Crippen LogP contribution in [0.3, 0.4) is 0 Å². The predicted molar refractivity (Wildman–Crippen MR) is 89.3 cm³/mol. The number of amides is 2. The van der Waals surface area contributed by atoms with Crippen LogP contribution in [0.1, 0.15) is 22.3 Å². The number of aryl methyl sites for hydroxylation is 2. The molecule has 1 N–H and O–H groups in total. The van der Waals surface area contributed by atoms with Crippen molar-refractivity contribution in [1.29, 1.82) is 0 Å². The molecule has 0 unspecified atom stereocenters. The molecule has 0 fully saturated rings. The van der Waals surface area contributed by atoms with E-state index < -0.39 is 0 Å². The third kappa shape index (κ3) is 3.40. The van der Waals surface area contributed by atoms with E-state index in [4.69, 9.17) is 4.74 Å². The van der Waals surface area contributed by atoms with Gasteiger partial charge in [-0.3, -0.25) is 14.3 Å². The number of rotatable bonds is 5. The summed E-state index contributed by atoms with van der Waals surface area (Å²) in [5.74, 6) is 0.318. The first-order valence-corrected chi connectivity index (χ1v) is 7.85. The molecule has 2 amide bonds. The highest BCUT2D eigenvalue weighted by molar-refractivity contribution is 6.00.